The maximum atomic E-state index is 11.7. The molecule has 0 bridgehead atoms. The summed E-state index contributed by atoms with van der Waals surface area (Å²) in [5.41, 5.74) is 1.45. The van der Waals surface area contributed by atoms with Crippen LogP contribution in [0.2, 0.25) is 0 Å². The maximum absolute atomic E-state index is 11.7. The van der Waals surface area contributed by atoms with E-state index in [1.54, 1.807) is 40.7 Å². The summed E-state index contributed by atoms with van der Waals surface area (Å²) in [6.07, 6.45) is -0.643. The number of aromatic amines is 1. The van der Waals surface area contributed by atoms with Crippen LogP contribution in [-0.4, -0.2) is 26.6 Å². The first-order valence-corrected chi connectivity index (χ1v) is 6.73. The summed E-state index contributed by atoms with van der Waals surface area (Å²) >= 11 is 0. The molecule has 8 heteroatoms. The van der Waals surface area contributed by atoms with Crippen molar-refractivity contribution in [2.75, 3.05) is 5.32 Å². The van der Waals surface area contributed by atoms with Gasteiger partial charge >= 0.3 is 6.09 Å². The lowest BCUT2D eigenvalue weighted by Crippen LogP contribution is -2.27. The number of nitrogens with zero attached hydrogens (tertiary/aromatic N) is 2. The van der Waals surface area contributed by atoms with Gasteiger partial charge in [-0.1, -0.05) is 0 Å². The Morgan fingerprint density at radius 3 is 2.59 bits per heavy atom. The molecule has 0 radical (unpaired) electrons. The Morgan fingerprint density at radius 1 is 1.41 bits per heavy atom. The van der Waals surface area contributed by atoms with Gasteiger partial charge in [-0.3, -0.25) is 15.4 Å². The van der Waals surface area contributed by atoms with Crippen molar-refractivity contribution in [1.82, 2.24) is 9.97 Å². The molecular formula is C14H18N4O4. The van der Waals surface area contributed by atoms with E-state index in [-0.39, 0.29) is 11.6 Å². The summed E-state index contributed by atoms with van der Waals surface area (Å²) in [7, 11) is 0. The van der Waals surface area contributed by atoms with Gasteiger partial charge in [-0.15, -0.1) is 0 Å². The number of hydrogen-bond acceptors (Lipinski definition) is 5. The van der Waals surface area contributed by atoms with Gasteiger partial charge in [0, 0.05) is 5.56 Å². The third kappa shape index (κ3) is 3.16. The van der Waals surface area contributed by atoms with Crippen molar-refractivity contribution in [2.24, 2.45) is 0 Å². The smallest absolute Gasteiger partial charge is 0.414 e. The molecule has 0 aliphatic heterocycles. The van der Waals surface area contributed by atoms with Crippen LogP contribution in [0, 0.1) is 24.0 Å². The lowest BCUT2D eigenvalue weighted by atomic mass is 10.1. The third-order valence-electron chi connectivity index (χ3n) is 2.98. The first kappa shape index (κ1) is 15.7. The van der Waals surface area contributed by atoms with Crippen LogP contribution in [0.4, 0.5) is 16.4 Å². The Labute approximate surface area is 127 Å². The summed E-state index contributed by atoms with van der Waals surface area (Å²) in [6, 6.07) is 1.63. The Morgan fingerprint density at radius 2 is 2.05 bits per heavy atom. The molecule has 0 saturated carbocycles. The molecule has 0 atom stereocenters. The van der Waals surface area contributed by atoms with E-state index in [0.717, 1.165) is 0 Å². The van der Waals surface area contributed by atoms with E-state index in [1.807, 2.05) is 0 Å². The number of carbonyl (C=O) groups is 1. The molecule has 1 amide bonds. The van der Waals surface area contributed by atoms with Crippen LogP contribution in [0.1, 0.15) is 31.9 Å². The average molecular weight is 306 g/mol. The summed E-state index contributed by atoms with van der Waals surface area (Å²) in [4.78, 5) is 29.5. The van der Waals surface area contributed by atoms with Gasteiger partial charge in [-0.2, -0.15) is 0 Å². The number of H-pyrrole nitrogens is 1. The van der Waals surface area contributed by atoms with Crippen LogP contribution in [0.15, 0.2) is 6.07 Å². The number of amides is 1. The van der Waals surface area contributed by atoms with Crippen molar-refractivity contribution in [3.63, 3.8) is 0 Å². The van der Waals surface area contributed by atoms with Crippen LogP contribution in [0.5, 0.6) is 0 Å². The van der Waals surface area contributed by atoms with Crippen LogP contribution in [0.3, 0.4) is 0 Å². The summed E-state index contributed by atoms with van der Waals surface area (Å²) in [5, 5.41) is 13.6. The van der Waals surface area contributed by atoms with Gasteiger partial charge in [0.1, 0.15) is 11.1 Å². The molecule has 0 fully saturated rings. The van der Waals surface area contributed by atoms with Crippen molar-refractivity contribution < 1.29 is 14.5 Å². The van der Waals surface area contributed by atoms with Crippen LogP contribution in [0.25, 0.3) is 11.0 Å². The summed E-state index contributed by atoms with van der Waals surface area (Å²) in [6.45, 7) is 8.55. The number of aryl methyl sites for hydroxylation is 2. The molecule has 0 spiro atoms. The molecule has 0 saturated heterocycles. The minimum atomic E-state index is -0.643. The fourth-order valence-electron chi connectivity index (χ4n) is 2.21. The number of nitrogens with one attached hydrogen (secondary N) is 2. The number of anilines is 1. The minimum Gasteiger partial charge on any atom is -0.444 e. The van der Waals surface area contributed by atoms with Gasteiger partial charge in [0.15, 0.2) is 0 Å². The molecule has 2 N–H and O–H groups in total. The highest BCUT2D eigenvalue weighted by atomic mass is 16.6. The zero-order valence-electron chi connectivity index (χ0n) is 13.1. The van der Waals surface area contributed by atoms with Gasteiger partial charge in [0.05, 0.1) is 16.0 Å². The monoisotopic (exact) mass is 306 g/mol. The fraction of sp³-hybridized carbons (Fsp3) is 0.429. The molecule has 0 unspecified atom stereocenters. The fourth-order valence-corrected chi connectivity index (χ4v) is 2.21. The molecule has 8 nitrogen and oxygen atoms in total. The molecule has 118 valence electrons. The van der Waals surface area contributed by atoms with Crippen molar-refractivity contribution >= 4 is 28.8 Å². The van der Waals surface area contributed by atoms with Gasteiger partial charge in [0.2, 0.25) is 5.95 Å². The van der Waals surface area contributed by atoms with Gasteiger partial charge in [-0.25, -0.2) is 9.78 Å². The number of rotatable bonds is 2. The van der Waals surface area contributed by atoms with Gasteiger partial charge in [0.25, 0.3) is 5.69 Å². The third-order valence-corrected chi connectivity index (χ3v) is 2.98. The number of nitro groups is 1. The maximum Gasteiger partial charge on any atom is 0.414 e. The number of ether oxygens (including phenoxy) is 1. The predicted molar refractivity (Wildman–Crippen MR) is 82.1 cm³/mol. The van der Waals surface area contributed by atoms with Crippen LogP contribution >= 0.6 is 0 Å². The number of aromatic nitrogens is 2. The molecule has 1 aromatic carbocycles. The van der Waals surface area contributed by atoms with E-state index in [1.165, 1.54) is 0 Å². The summed E-state index contributed by atoms with van der Waals surface area (Å²) < 4.78 is 5.14. The molecule has 0 aliphatic carbocycles. The Hall–Kier alpha value is -2.64. The largest absolute Gasteiger partial charge is 0.444 e. The number of fused-ring (bicyclic) bond motifs is 1. The highest BCUT2D eigenvalue weighted by Gasteiger charge is 2.21. The number of imidazole rings is 1. The zero-order chi connectivity index (χ0) is 16.7. The SMILES string of the molecule is Cc1cc2[nH]c(NC(=O)OC(C)(C)C)nc2c(C)c1[N+](=O)[O-]. The van der Waals surface area contributed by atoms with Crippen molar-refractivity contribution in [1.29, 1.82) is 0 Å². The Balaban J connectivity index is 2.37. The van der Waals surface area contributed by atoms with E-state index in [9.17, 15) is 14.9 Å². The molecule has 22 heavy (non-hydrogen) atoms. The van der Waals surface area contributed by atoms with Crippen LogP contribution in [-0.2, 0) is 4.74 Å². The van der Waals surface area contributed by atoms with Crippen molar-refractivity contribution in [2.45, 2.75) is 40.2 Å². The van der Waals surface area contributed by atoms with E-state index >= 15 is 0 Å². The average Bonchev–Trinajstić information content (AvgIpc) is 2.68. The normalized spacial score (nSPS) is 11.5. The molecule has 2 aromatic rings. The first-order chi connectivity index (χ1) is 10.1. The molecule has 1 aromatic heterocycles. The number of benzene rings is 1. The lowest BCUT2D eigenvalue weighted by molar-refractivity contribution is -0.385. The number of carbonyl (C=O) groups excluding carboxylic acids is 1. The van der Waals surface area contributed by atoms with Gasteiger partial charge in [-0.05, 0) is 40.7 Å². The predicted octanol–water partition coefficient (Wildman–Crippen LogP) is 3.43. The number of nitro benzene ring substituents is 1. The van der Waals surface area contributed by atoms with E-state index in [2.05, 4.69) is 15.3 Å². The Kier molecular flexibility index (Phi) is 3.78. The summed E-state index contributed by atoms with van der Waals surface area (Å²) in [5.74, 6) is 0.187. The minimum absolute atomic E-state index is 0.0304. The topological polar surface area (TPSA) is 110 Å². The molecular weight excluding hydrogens is 288 g/mol. The van der Waals surface area contributed by atoms with E-state index in [4.69, 9.17) is 4.74 Å². The molecule has 2 rings (SSSR count). The second kappa shape index (κ2) is 5.28. The van der Waals surface area contributed by atoms with Gasteiger partial charge < -0.3 is 9.72 Å². The van der Waals surface area contributed by atoms with E-state index in [0.29, 0.717) is 22.2 Å². The zero-order valence-corrected chi connectivity index (χ0v) is 13.1. The van der Waals surface area contributed by atoms with Crippen molar-refractivity contribution in [3.8, 4) is 0 Å². The molecule has 1 heterocycles. The molecule has 0 aliphatic rings. The van der Waals surface area contributed by atoms with Crippen LogP contribution < -0.4 is 5.32 Å². The quantitative estimate of drug-likeness (QED) is 0.652. The highest BCUT2D eigenvalue weighted by Crippen LogP contribution is 2.30. The lowest BCUT2D eigenvalue weighted by Gasteiger charge is -2.18. The first-order valence-electron chi connectivity index (χ1n) is 6.73. The standard InChI is InChI=1S/C14H18N4O4/c1-7-6-9-10(8(2)11(7)18(20)21)16-12(15-9)17-13(19)22-14(3,4)5/h6H,1-5H3,(H2,15,16,17,19). The highest BCUT2D eigenvalue weighted by molar-refractivity contribution is 5.89. The van der Waals surface area contributed by atoms with Crippen molar-refractivity contribution in [3.05, 3.63) is 27.3 Å². The Bertz CT molecular complexity index is 758. The second-order valence-electron chi connectivity index (χ2n) is 6.03. The second-order valence-corrected chi connectivity index (χ2v) is 6.03. The number of hydrogen-bond donors (Lipinski definition) is 2. The van der Waals surface area contributed by atoms with E-state index < -0.39 is 16.6 Å².